The molecule has 0 spiro atoms. The molecule has 4 aromatic rings. The van der Waals surface area contributed by atoms with E-state index in [0.717, 1.165) is 11.3 Å². The normalized spacial score (nSPS) is 11.2. The van der Waals surface area contributed by atoms with E-state index in [1.165, 1.54) is 11.8 Å². The molecule has 30 heavy (non-hydrogen) atoms. The molecule has 0 unspecified atom stereocenters. The molecular weight excluding hydrogens is 404 g/mol. The number of thioether (sulfide) groups is 1. The number of rotatable bonds is 4. The number of amides is 2. The minimum atomic E-state index is -0.442. The van der Waals surface area contributed by atoms with Crippen LogP contribution in [0.4, 0.5) is 0 Å². The lowest BCUT2D eigenvalue weighted by Crippen LogP contribution is -2.43. The maximum Gasteiger partial charge on any atom is 0.288 e. The number of carbonyl (C=O) groups is 2. The Morgan fingerprint density at radius 2 is 1.87 bits per heavy atom. The van der Waals surface area contributed by atoms with Crippen LogP contribution in [0.15, 0.2) is 29.6 Å². The second-order valence-electron chi connectivity index (χ2n) is 6.73. The van der Waals surface area contributed by atoms with Crippen molar-refractivity contribution in [2.45, 2.75) is 32.3 Å². The molecule has 0 bridgehead atoms. The van der Waals surface area contributed by atoms with E-state index >= 15 is 0 Å². The van der Waals surface area contributed by atoms with Gasteiger partial charge in [0, 0.05) is 23.1 Å². The first-order valence-electron chi connectivity index (χ1n) is 9.18. The first kappa shape index (κ1) is 19.8. The quantitative estimate of drug-likeness (QED) is 0.376. The zero-order chi connectivity index (χ0) is 21.4. The van der Waals surface area contributed by atoms with Gasteiger partial charge in [-0.15, -0.1) is 5.10 Å². The maximum atomic E-state index is 12.6. The second-order valence-corrected chi connectivity index (χ2v) is 7.50. The molecule has 4 aromatic heterocycles. The lowest BCUT2D eigenvalue weighted by Gasteiger charge is -2.11. The number of aromatic nitrogens is 6. The lowest BCUT2D eigenvalue weighted by molar-refractivity contribution is -0.121. The molecular formula is C19H20N8O2S. The molecule has 10 nitrogen and oxygen atoms in total. The fraction of sp³-hybridized carbons (Fsp3) is 0.263. The van der Waals surface area contributed by atoms with Crippen LogP contribution in [-0.2, 0) is 11.2 Å². The minimum Gasteiger partial charge on any atom is -0.295 e. The third kappa shape index (κ3) is 3.47. The Bertz CT molecular complexity index is 1290. The predicted octanol–water partition coefficient (Wildman–Crippen LogP) is 1.42. The topological polar surface area (TPSA) is 119 Å². The molecule has 2 N–H and O–H groups in total. The van der Waals surface area contributed by atoms with Crippen molar-refractivity contribution in [1.82, 2.24) is 39.8 Å². The molecule has 0 atom stereocenters. The summed E-state index contributed by atoms with van der Waals surface area (Å²) in [5.74, 6) is -0.315. The van der Waals surface area contributed by atoms with Crippen molar-refractivity contribution in [3.8, 4) is 0 Å². The fourth-order valence-corrected chi connectivity index (χ4v) is 3.65. The number of nitrogens with zero attached hydrogens (tertiary/aromatic N) is 6. The van der Waals surface area contributed by atoms with Crippen molar-refractivity contribution in [1.29, 1.82) is 0 Å². The summed E-state index contributed by atoms with van der Waals surface area (Å²) in [7, 11) is 0. The molecule has 0 aliphatic carbocycles. The van der Waals surface area contributed by atoms with Gasteiger partial charge in [-0.2, -0.15) is 4.98 Å². The standard InChI is InChI=1S/C19H20N8O2S/c1-10-13(12(3)27-18(21-10)22-19(25-27)30-4)9-15(28)23-24-17(29)16-11(2)20-14-7-5-6-8-26(14)16/h5-8H,9H2,1-4H3,(H,23,28)(H,24,29). The van der Waals surface area contributed by atoms with Gasteiger partial charge in [-0.3, -0.25) is 24.8 Å². The smallest absolute Gasteiger partial charge is 0.288 e. The summed E-state index contributed by atoms with van der Waals surface area (Å²) in [6, 6.07) is 5.46. The van der Waals surface area contributed by atoms with Gasteiger partial charge in [-0.25, -0.2) is 14.5 Å². The number of pyridine rings is 1. The van der Waals surface area contributed by atoms with E-state index in [9.17, 15) is 9.59 Å². The molecule has 4 rings (SSSR count). The minimum absolute atomic E-state index is 0.0431. The predicted molar refractivity (Wildman–Crippen MR) is 111 cm³/mol. The van der Waals surface area contributed by atoms with Crippen molar-refractivity contribution >= 4 is 35.0 Å². The molecule has 0 saturated carbocycles. The largest absolute Gasteiger partial charge is 0.295 e. The highest BCUT2D eigenvalue weighted by Gasteiger charge is 2.19. The molecule has 11 heteroatoms. The third-order valence-corrected chi connectivity index (χ3v) is 5.32. The molecule has 0 fully saturated rings. The molecule has 4 heterocycles. The van der Waals surface area contributed by atoms with Gasteiger partial charge in [0.15, 0.2) is 0 Å². The maximum absolute atomic E-state index is 12.6. The Kier molecular flexibility index (Phi) is 5.12. The van der Waals surface area contributed by atoms with Crippen molar-refractivity contribution in [2.75, 3.05) is 6.26 Å². The van der Waals surface area contributed by atoms with Gasteiger partial charge in [0.05, 0.1) is 12.1 Å². The summed E-state index contributed by atoms with van der Waals surface area (Å²) in [6.07, 6.45) is 3.68. The number of hydrogen-bond donors (Lipinski definition) is 2. The average Bonchev–Trinajstić information content (AvgIpc) is 3.29. The van der Waals surface area contributed by atoms with E-state index in [-0.39, 0.29) is 12.3 Å². The highest BCUT2D eigenvalue weighted by Crippen LogP contribution is 2.17. The van der Waals surface area contributed by atoms with E-state index in [1.54, 1.807) is 22.0 Å². The monoisotopic (exact) mass is 424 g/mol. The fourth-order valence-electron chi connectivity index (χ4n) is 3.31. The summed E-state index contributed by atoms with van der Waals surface area (Å²) < 4.78 is 3.30. The van der Waals surface area contributed by atoms with Crippen LogP contribution >= 0.6 is 11.8 Å². The zero-order valence-electron chi connectivity index (χ0n) is 16.9. The van der Waals surface area contributed by atoms with Gasteiger partial charge in [-0.05, 0) is 39.2 Å². The number of fused-ring (bicyclic) bond motifs is 2. The molecule has 0 aromatic carbocycles. The molecule has 2 amide bonds. The zero-order valence-corrected chi connectivity index (χ0v) is 17.7. The summed E-state index contributed by atoms with van der Waals surface area (Å²) in [4.78, 5) is 38.3. The van der Waals surface area contributed by atoms with Gasteiger partial charge in [-0.1, -0.05) is 17.8 Å². The Hall–Kier alpha value is -3.47. The van der Waals surface area contributed by atoms with Crippen LogP contribution < -0.4 is 10.9 Å². The SMILES string of the molecule is CSc1nc2nc(C)c(CC(=O)NNC(=O)c3c(C)nc4ccccn34)c(C)n2n1. The van der Waals surface area contributed by atoms with E-state index in [2.05, 4.69) is 30.9 Å². The van der Waals surface area contributed by atoms with Crippen molar-refractivity contribution in [2.24, 2.45) is 0 Å². The van der Waals surface area contributed by atoms with Crippen LogP contribution in [0.25, 0.3) is 11.4 Å². The van der Waals surface area contributed by atoms with E-state index < -0.39 is 5.91 Å². The van der Waals surface area contributed by atoms with Crippen LogP contribution in [0, 0.1) is 20.8 Å². The highest BCUT2D eigenvalue weighted by molar-refractivity contribution is 7.98. The van der Waals surface area contributed by atoms with Crippen LogP contribution in [0.2, 0.25) is 0 Å². The number of hydrazine groups is 1. The number of nitrogens with one attached hydrogen (secondary N) is 2. The summed E-state index contributed by atoms with van der Waals surface area (Å²) in [5.41, 5.74) is 8.76. The Labute approximate surface area is 176 Å². The van der Waals surface area contributed by atoms with E-state index in [1.807, 2.05) is 38.3 Å². The molecule has 0 aliphatic rings. The third-order valence-electron chi connectivity index (χ3n) is 4.78. The first-order chi connectivity index (χ1) is 14.4. The number of carbonyl (C=O) groups excluding carboxylic acids is 2. The van der Waals surface area contributed by atoms with E-state index in [0.29, 0.717) is 33.7 Å². The molecule has 0 aliphatic heterocycles. The highest BCUT2D eigenvalue weighted by atomic mass is 32.2. The van der Waals surface area contributed by atoms with Crippen LogP contribution in [0.1, 0.15) is 33.1 Å². The van der Waals surface area contributed by atoms with Crippen LogP contribution in [0.3, 0.4) is 0 Å². The Morgan fingerprint density at radius 1 is 1.07 bits per heavy atom. The first-order valence-corrected chi connectivity index (χ1v) is 10.4. The number of hydrogen-bond acceptors (Lipinski definition) is 7. The van der Waals surface area contributed by atoms with Gasteiger partial charge in [0.25, 0.3) is 11.7 Å². The van der Waals surface area contributed by atoms with Crippen molar-refractivity contribution < 1.29 is 9.59 Å². The summed E-state index contributed by atoms with van der Waals surface area (Å²) in [5, 5.41) is 4.99. The average molecular weight is 424 g/mol. The van der Waals surface area contributed by atoms with Gasteiger partial charge >= 0.3 is 0 Å². The lowest BCUT2D eigenvalue weighted by atomic mass is 10.1. The molecule has 0 saturated heterocycles. The molecule has 0 radical (unpaired) electrons. The van der Waals surface area contributed by atoms with E-state index in [4.69, 9.17) is 0 Å². The summed E-state index contributed by atoms with van der Waals surface area (Å²) in [6.45, 7) is 5.44. The van der Waals surface area contributed by atoms with Crippen LogP contribution in [-0.4, -0.2) is 47.0 Å². The van der Waals surface area contributed by atoms with Crippen molar-refractivity contribution in [3.05, 3.63) is 52.7 Å². The number of imidazole rings is 1. The van der Waals surface area contributed by atoms with Gasteiger partial charge in [0.1, 0.15) is 11.3 Å². The van der Waals surface area contributed by atoms with Crippen LogP contribution in [0.5, 0.6) is 0 Å². The Morgan fingerprint density at radius 3 is 2.63 bits per heavy atom. The van der Waals surface area contributed by atoms with Crippen molar-refractivity contribution in [3.63, 3.8) is 0 Å². The van der Waals surface area contributed by atoms with Gasteiger partial charge in [0.2, 0.25) is 11.1 Å². The summed E-state index contributed by atoms with van der Waals surface area (Å²) >= 11 is 1.42. The number of aryl methyl sites for hydroxylation is 3. The second kappa shape index (κ2) is 7.75. The van der Waals surface area contributed by atoms with Gasteiger partial charge < -0.3 is 0 Å². The Balaban J connectivity index is 1.50. The molecule has 154 valence electrons.